The van der Waals surface area contributed by atoms with Crippen LogP contribution in [0.3, 0.4) is 0 Å². The Morgan fingerprint density at radius 3 is 2.39 bits per heavy atom. The van der Waals surface area contributed by atoms with Crippen LogP contribution in [0.15, 0.2) is 23.2 Å². The highest BCUT2D eigenvalue weighted by atomic mass is 16.5. The fraction of sp³-hybridized carbons (Fsp3) is 0.625. The maximum absolute atomic E-state index is 12.5. The number of carbonyl (C=O) groups is 2. The van der Waals surface area contributed by atoms with Crippen molar-refractivity contribution < 1.29 is 24.2 Å². The van der Waals surface area contributed by atoms with E-state index in [1.54, 1.807) is 25.3 Å². The first-order chi connectivity index (χ1) is 15.7. The van der Waals surface area contributed by atoms with Crippen LogP contribution < -0.4 is 25.8 Å². The van der Waals surface area contributed by atoms with Crippen molar-refractivity contribution in [1.82, 2.24) is 10.6 Å². The van der Waals surface area contributed by atoms with Gasteiger partial charge in [-0.25, -0.2) is 4.99 Å². The molecule has 1 aromatic rings. The van der Waals surface area contributed by atoms with Gasteiger partial charge in [0.25, 0.3) is 0 Å². The molecule has 0 bridgehead atoms. The van der Waals surface area contributed by atoms with Gasteiger partial charge in [-0.15, -0.1) is 0 Å². The summed E-state index contributed by atoms with van der Waals surface area (Å²) >= 11 is 0. The maximum atomic E-state index is 12.5. The van der Waals surface area contributed by atoms with Gasteiger partial charge in [-0.3, -0.25) is 14.9 Å². The summed E-state index contributed by atoms with van der Waals surface area (Å²) in [6, 6.07) is 5.01. The second kappa shape index (κ2) is 13.0. The minimum Gasteiger partial charge on any atom is -0.493 e. The Morgan fingerprint density at radius 1 is 1.12 bits per heavy atom. The van der Waals surface area contributed by atoms with E-state index >= 15 is 0 Å². The zero-order chi connectivity index (χ0) is 24.4. The number of ether oxygens (including phenoxy) is 2. The number of rotatable bonds is 10. The van der Waals surface area contributed by atoms with Crippen LogP contribution >= 0.6 is 0 Å². The summed E-state index contributed by atoms with van der Waals surface area (Å²) in [6.07, 6.45) is 3.67. The molecule has 33 heavy (non-hydrogen) atoms. The van der Waals surface area contributed by atoms with Crippen LogP contribution in [0.1, 0.15) is 57.9 Å². The summed E-state index contributed by atoms with van der Waals surface area (Å²) in [5.74, 6) is 1.04. The van der Waals surface area contributed by atoms with Gasteiger partial charge in [-0.05, 0) is 55.7 Å². The minimum atomic E-state index is -0.333. The number of methoxy groups -OCH3 is 2. The number of carbonyl (C=O) groups excluding carboxylic acids is 2. The van der Waals surface area contributed by atoms with Crippen LogP contribution in [-0.2, 0) is 16.0 Å². The molecule has 184 valence electrons. The van der Waals surface area contributed by atoms with Gasteiger partial charge in [0.05, 0.1) is 32.8 Å². The number of hydrogen-bond donors (Lipinski definition) is 4. The SMILES string of the molecule is COc1ccc(CC(=O)NC(N)=N[C@@H](CC(=O)NC2CCC(O)CC2)CC(C)C)cc1OC. The number of aliphatic hydroxyl groups is 1. The number of hydrogen-bond acceptors (Lipinski definition) is 6. The summed E-state index contributed by atoms with van der Waals surface area (Å²) in [4.78, 5) is 29.4. The quantitative estimate of drug-likeness (QED) is 0.310. The van der Waals surface area contributed by atoms with E-state index in [0.717, 1.165) is 18.4 Å². The number of nitrogens with two attached hydrogens (primary N) is 1. The van der Waals surface area contributed by atoms with Gasteiger partial charge in [0, 0.05) is 12.5 Å². The molecule has 1 saturated carbocycles. The van der Waals surface area contributed by atoms with Gasteiger partial charge in [0.2, 0.25) is 11.8 Å². The summed E-state index contributed by atoms with van der Waals surface area (Å²) in [5.41, 5.74) is 6.74. The Morgan fingerprint density at radius 2 is 1.79 bits per heavy atom. The number of aliphatic imine (C=N–C) groups is 1. The smallest absolute Gasteiger partial charge is 0.231 e. The summed E-state index contributed by atoms with van der Waals surface area (Å²) in [6.45, 7) is 4.10. The van der Waals surface area contributed by atoms with Crippen molar-refractivity contribution in [2.24, 2.45) is 16.6 Å². The highest BCUT2D eigenvalue weighted by Gasteiger charge is 2.23. The maximum Gasteiger partial charge on any atom is 0.231 e. The van der Waals surface area contributed by atoms with Crippen LogP contribution in [0, 0.1) is 5.92 Å². The predicted molar refractivity (Wildman–Crippen MR) is 127 cm³/mol. The molecule has 1 aliphatic rings. The Labute approximate surface area is 196 Å². The first-order valence-corrected chi connectivity index (χ1v) is 11.5. The van der Waals surface area contributed by atoms with Crippen molar-refractivity contribution in [1.29, 1.82) is 0 Å². The molecule has 0 saturated heterocycles. The summed E-state index contributed by atoms with van der Waals surface area (Å²) in [7, 11) is 3.09. The lowest BCUT2D eigenvalue weighted by atomic mass is 9.93. The first-order valence-electron chi connectivity index (χ1n) is 11.5. The van der Waals surface area contributed by atoms with Crippen molar-refractivity contribution in [3.8, 4) is 11.5 Å². The van der Waals surface area contributed by atoms with Crippen molar-refractivity contribution in [3.05, 3.63) is 23.8 Å². The Kier molecular flexibility index (Phi) is 10.4. The van der Waals surface area contributed by atoms with E-state index < -0.39 is 0 Å². The molecule has 1 aromatic carbocycles. The lowest BCUT2D eigenvalue weighted by molar-refractivity contribution is -0.122. The average molecular weight is 463 g/mol. The van der Waals surface area contributed by atoms with Crippen molar-refractivity contribution in [2.75, 3.05) is 14.2 Å². The third-order valence-corrected chi connectivity index (χ3v) is 5.63. The molecule has 2 amide bonds. The zero-order valence-electron chi connectivity index (χ0n) is 20.1. The van der Waals surface area contributed by atoms with E-state index in [1.807, 2.05) is 0 Å². The highest BCUT2D eigenvalue weighted by Crippen LogP contribution is 2.27. The van der Waals surface area contributed by atoms with E-state index in [4.69, 9.17) is 15.2 Å². The second-order valence-electron chi connectivity index (χ2n) is 8.99. The molecule has 1 atom stereocenters. The Bertz CT molecular complexity index is 819. The molecular weight excluding hydrogens is 424 g/mol. The third kappa shape index (κ3) is 9.29. The molecule has 9 nitrogen and oxygen atoms in total. The molecular formula is C24H38N4O5. The molecule has 1 fully saturated rings. The second-order valence-corrected chi connectivity index (χ2v) is 8.99. The molecule has 0 aliphatic heterocycles. The minimum absolute atomic E-state index is 0.000264. The van der Waals surface area contributed by atoms with Crippen molar-refractivity contribution in [3.63, 3.8) is 0 Å². The number of nitrogens with one attached hydrogen (secondary N) is 2. The largest absolute Gasteiger partial charge is 0.493 e. The topological polar surface area (TPSA) is 135 Å². The van der Waals surface area contributed by atoms with Gasteiger partial charge < -0.3 is 25.6 Å². The molecule has 0 spiro atoms. The van der Waals surface area contributed by atoms with Crippen molar-refractivity contribution >= 4 is 17.8 Å². The van der Waals surface area contributed by atoms with Gasteiger partial charge in [-0.2, -0.15) is 0 Å². The van der Waals surface area contributed by atoms with Crippen LogP contribution in [0.5, 0.6) is 11.5 Å². The third-order valence-electron chi connectivity index (χ3n) is 5.63. The molecule has 2 rings (SSSR count). The van der Waals surface area contributed by atoms with E-state index in [0.29, 0.717) is 36.7 Å². The number of amides is 2. The zero-order valence-corrected chi connectivity index (χ0v) is 20.1. The molecule has 0 aromatic heterocycles. The number of nitrogens with zero attached hydrogens (tertiary/aromatic N) is 1. The van der Waals surface area contributed by atoms with E-state index in [-0.39, 0.29) is 48.8 Å². The number of guanidine groups is 1. The molecule has 9 heteroatoms. The average Bonchev–Trinajstić information content (AvgIpc) is 2.74. The van der Waals surface area contributed by atoms with E-state index in [1.165, 1.54) is 7.11 Å². The summed E-state index contributed by atoms with van der Waals surface area (Å²) in [5, 5.41) is 15.3. The summed E-state index contributed by atoms with van der Waals surface area (Å²) < 4.78 is 10.5. The normalized spacial score (nSPS) is 19.6. The standard InChI is InChI=1S/C24H38N4O5/c1-15(2)11-18(14-23(31)26-17-6-8-19(29)9-7-17)27-24(25)28-22(30)13-16-5-10-20(32-3)21(12-16)33-4/h5,10,12,15,17-19,29H,6-9,11,13-14H2,1-4H3,(H,26,31)(H3,25,27,28,30)/t17?,18-,19?/m1/s1. The Balaban J connectivity index is 1.94. The molecule has 0 heterocycles. The number of aliphatic hydroxyl groups excluding tert-OH is 1. The van der Waals surface area contributed by atoms with Crippen LogP contribution in [-0.4, -0.2) is 55.3 Å². The van der Waals surface area contributed by atoms with E-state index in [2.05, 4.69) is 29.5 Å². The van der Waals surface area contributed by atoms with Crippen molar-refractivity contribution in [2.45, 2.75) is 77.0 Å². The molecule has 0 unspecified atom stereocenters. The first kappa shape index (κ1) is 26.4. The molecule has 0 radical (unpaired) electrons. The predicted octanol–water partition coefficient (Wildman–Crippen LogP) is 1.90. The number of benzene rings is 1. The van der Waals surface area contributed by atoms with Crippen LogP contribution in [0.2, 0.25) is 0 Å². The highest BCUT2D eigenvalue weighted by molar-refractivity contribution is 5.97. The fourth-order valence-corrected chi connectivity index (χ4v) is 4.04. The van der Waals surface area contributed by atoms with Gasteiger partial charge in [-0.1, -0.05) is 19.9 Å². The van der Waals surface area contributed by atoms with Crippen LogP contribution in [0.4, 0.5) is 0 Å². The van der Waals surface area contributed by atoms with Gasteiger partial charge >= 0.3 is 0 Å². The lowest BCUT2D eigenvalue weighted by Gasteiger charge is -2.26. The fourth-order valence-electron chi connectivity index (χ4n) is 4.04. The van der Waals surface area contributed by atoms with Gasteiger partial charge in [0.1, 0.15) is 0 Å². The molecule has 5 N–H and O–H groups in total. The van der Waals surface area contributed by atoms with Crippen LogP contribution in [0.25, 0.3) is 0 Å². The monoisotopic (exact) mass is 462 g/mol. The lowest BCUT2D eigenvalue weighted by Crippen LogP contribution is -2.41. The Hall–Kier alpha value is -2.81. The van der Waals surface area contributed by atoms with Gasteiger partial charge in [0.15, 0.2) is 17.5 Å². The molecule has 1 aliphatic carbocycles. The van der Waals surface area contributed by atoms with E-state index in [9.17, 15) is 14.7 Å².